The number of rotatable bonds is 2. The van der Waals surface area contributed by atoms with E-state index in [1.807, 2.05) is 37.5 Å². The van der Waals surface area contributed by atoms with Crippen molar-refractivity contribution in [2.45, 2.75) is 18.5 Å². The zero-order valence-corrected chi connectivity index (χ0v) is 13.3. The monoisotopic (exact) mass is 322 g/mol. The highest BCUT2D eigenvalue weighted by Gasteiger charge is 2.49. The lowest BCUT2D eigenvalue weighted by Crippen LogP contribution is -2.44. The second-order valence-corrected chi connectivity index (χ2v) is 6.55. The lowest BCUT2D eigenvalue weighted by Gasteiger charge is -2.30. The Bertz CT molecular complexity index is 967. The molecule has 24 heavy (non-hydrogen) atoms. The van der Waals surface area contributed by atoms with Gasteiger partial charge in [-0.25, -0.2) is 4.99 Å². The number of aliphatic imine (C=N–C) groups is 1. The molecule has 1 fully saturated rings. The van der Waals surface area contributed by atoms with E-state index >= 15 is 0 Å². The largest absolute Gasteiger partial charge is 0.463 e. The van der Waals surface area contributed by atoms with Crippen LogP contribution in [0.4, 0.5) is 11.4 Å². The molecular formula is C17H18N6O. The molecule has 7 heteroatoms. The van der Waals surface area contributed by atoms with Crippen LogP contribution >= 0.6 is 0 Å². The summed E-state index contributed by atoms with van der Waals surface area (Å²) in [7, 11) is 1.92. The Morgan fingerprint density at radius 2 is 2.25 bits per heavy atom. The third-order valence-corrected chi connectivity index (χ3v) is 4.66. The molecule has 1 aliphatic carbocycles. The highest BCUT2D eigenvalue weighted by molar-refractivity contribution is 6.06. The maximum Gasteiger partial charge on any atom is 0.202 e. The van der Waals surface area contributed by atoms with E-state index in [4.69, 9.17) is 15.1 Å². The van der Waals surface area contributed by atoms with Crippen LogP contribution in [0.5, 0.6) is 0 Å². The van der Waals surface area contributed by atoms with Crippen LogP contribution in [0.1, 0.15) is 18.6 Å². The molecule has 1 atom stereocenters. The average molecular weight is 322 g/mol. The molecule has 1 aliphatic heterocycles. The lowest BCUT2D eigenvalue weighted by molar-refractivity contribution is 0.315. The van der Waals surface area contributed by atoms with Crippen molar-refractivity contribution in [1.29, 1.82) is 0 Å². The molecule has 1 aromatic carbocycles. The predicted octanol–water partition coefficient (Wildman–Crippen LogP) is 2.58. The van der Waals surface area contributed by atoms with Crippen LogP contribution in [0, 0.1) is 5.92 Å². The second-order valence-electron chi connectivity index (χ2n) is 6.55. The first-order chi connectivity index (χ1) is 11.6. The van der Waals surface area contributed by atoms with E-state index in [-0.39, 0.29) is 0 Å². The Morgan fingerprint density at radius 1 is 1.38 bits per heavy atom. The van der Waals surface area contributed by atoms with Crippen molar-refractivity contribution < 1.29 is 4.42 Å². The van der Waals surface area contributed by atoms with E-state index in [0.29, 0.717) is 11.9 Å². The Balaban J connectivity index is 1.50. The van der Waals surface area contributed by atoms with Crippen LogP contribution in [0.3, 0.4) is 0 Å². The molecule has 2 aromatic heterocycles. The summed E-state index contributed by atoms with van der Waals surface area (Å²) in [6.45, 7) is 0. The summed E-state index contributed by atoms with van der Waals surface area (Å²) in [5.74, 6) is 1.68. The minimum atomic E-state index is -0.790. The molecule has 0 amide bonds. The summed E-state index contributed by atoms with van der Waals surface area (Å²) >= 11 is 0. The number of guanidine groups is 1. The van der Waals surface area contributed by atoms with E-state index in [9.17, 15) is 0 Å². The summed E-state index contributed by atoms with van der Waals surface area (Å²) in [5.41, 5.74) is 8.52. The van der Waals surface area contributed by atoms with Gasteiger partial charge in [-0.05, 0) is 31.0 Å². The molecule has 122 valence electrons. The quantitative estimate of drug-likeness (QED) is 0.674. The van der Waals surface area contributed by atoms with Gasteiger partial charge in [0.1, 0.15) is 0 Å². The van der Waals surface area contributed by atoms with Crippen molar-refractivity contribution >= 4 is 28.2 Å². The SMILES string of the molecule is Cn1cc2ccc(NC3=NC(N)(C4CC4)c4occc4N3)cc2n1. The van der Waals surface area contributed by atoms with Gasteiger partial charge in [-0.2, -0.15) is 5.10 Å². The van der Waals surface area contributed by atoms with Gasteiger partial charge >= 0.3 is 0 Å². The minimum Gasteiger partial charge on any atom is -0.463 e. The molecule has 1 unspecified atom stereocenters. The molecule has 3 aromatic rings. The van der Waals surface area contributed by atoms with Crippen LogP contribution in [-0.2, 0) is 12.7 Å². The Kier molecular flexibility index (Phi) is 2.62. The van der Waals surface area contributed by atoms with Crippen molar-refractivity contribution in [3.63, 3.8) is 0 Å². The Morgan fingerprint density at radius 3 is 3.08 bits per heavy atom. The number of hydrogen-bond donors (Lipinski definition) is 3. The van der Waals surface area contributed by atoms with Crippen molar-refractivity contribution in [3.8, 4) is 0 Å². The summed E-state index contributed by atoms with van der Waals surface area (Å²) < 4.78 is 7.40. The number of aromatic nitrogens is 2. The van der Waals surface area contributed by atoms with E-state index in [2.05, 4.69) is 15.7 Å². The number of nitrogens with one attached hydrogen (secondary N) is 2. The van der Waals surface area contributed by atoms with Crippen molar-refractivity contribution in [2.75, 3.05) is 10.6 Å². The molecule has 2 aliphatic rings. The van der Waals surface area contributed by atoms with Crippen molar-refractivity contribution in [2.24, 2.45) is 23.7 Å². The smallest absolute Gasteiger partial charge is 0.202 e. The fraction of sp³-hybridized carbons (Fsp3) is 0.294. The third-order valence-electron chi connectivity index (χ3n) is 4.66. The number of anilines is 2. The number of hydrogen-bond acceptors (Lipinski definition) is 6. The highest BCUT2D eigenvalue weighted by Crippen LogP contribution is 2.48. The molecule has 0 bridgehead atoms. The van der Waals surface area contributed by atoms with Gasteiger partial charge in [-0.3, -0.25) is 4.68 Å². The second kappa shape index (κ2) is 4.61. The van der Waals surface area contributed by atoms with Gasteiger partial charge in [0.05, 0.1) is 17.5 Å². The molecule has 1 saturated carbocycles. The predicted molar refractivity (Wildman–Crippen MR) is 92.7 cm³/mol. The standard InChI is InChI=1S/C17H18N6O/c1-23-9-10-2-5-12(8-14(10)22-23)19-16-20-13-6-7-24-15(13)17(18,21-16)11-3-4-11/h2,5-9,11H,3-4,18H2,1H3,(H2,19,20,21). The molecule has 7 nitrogen and oxygen atoms in total. The van der Waals surface area contributed by atoms with E-state index < -0.39 is 5.66 Å². The first-order valence-corrected chi connectivity index (χ1v) is 8.06. The van der Waals surface area contributed by atoms with Crippen LogP contribution in [0.25, 0.3) is 10.9 Å². The fourth-order valence-corrected chi connectivity index (χ4v) is 3.32. The topological polar surface area (TPSA) is 93.4 Å². The minimum absolute atomic E-state index is 0.333. The van der Waals surface area contributed by atoms with Crippen LogP contribution < -0.4 is 16.4 Å². The summed E-state index contributed by atoms with van der Waals surface area (Å²) in [5, 5.41) is 12.1. The molecule has 0 saturated heterocycles. The van der Waals surface area contributed by atoms with Gasteiger partial charge in [0, 0.05) is 36.3 Å². The van der Waals surface area contributed by atoms with Gasteiger partial charge in [0.25, 0.3) is 0 Å². The summed E-state index contributed by atoms with van der Waals surface area (Å²) in [6.07, 6.45) is 5.80. The van der Waals surface area contributed by atoms with Gasteiger partial charge in [0.2, 0.25) is 5.96 Å². The average Bonchev–Trinajstić information content (AvgIpc) is 3.19. The fourth-order valence-electron chi connectivity index (χ4n) is 3.32. The number of nitrogens with zero attached hydrogens (tertiary/aromatic N) is 3. The highest BCUT2D eigenvalue weighted by atomic mass is 16.3. The number of fused-ring (bicyclic) bond motifs is 2. The Hall–Kier alpha value is -2.80. The van der Waals surface area contributed by atoms with Crippen LogP contribution in [-0.4, -0.2) is 15.7 Å². The number of aryl methyl sites for hydroxylation is 1. The first-order valence-electron chi connectivity index (χ1n) is 8.06. The zero-order valence-electron chi connectivity index (χ0n) is 13.3. The van der Waals surface area contributed by atoms with Gasteiger partial charge < -0.3 is 20.8 Å². The summed E-state index contributed by atoms with van der Waals surface area (Å²) in [4.78, 5) is 4.72. The third kappa shape index (κ3) is 2.01. The molecule has 5 rings (SSSR count). The van der Waals surface area contributed by atoms with Gasteiger partial charge in [-0.15, -0.1) is 0 Å². The number of furan rings is 1. The summed E-state index contributed by atoms with van der Waals surface area (Å²) in [6, 6.07) is 7.93. The number of benzene rings is 1. The molecular weight excluding hydrogens is 304 g/mol. The lowest BCUT2D eigenvalue weighted by atomic mass is 10.0. The van der Waals surface area contributed by atoms with Crippen LogP contribution in [0.2, 0.25) is 0 Å². The van der Waals surface area contributed by atoms with Gasteiger partial charge in [-0.1, -0.05) is 0 Å². The van der Waals surface area contributed by atoms with Crippen LogP contribution in [0.15, 0.2) is 46.1 Å². The maximum atomic E-state index is 6.58. The maximum absolute atomic E-state index is 6.58. The Labute approximate surface area is 138 Å². The van der Waals surface area contributed by atoms with E-state index in [1.54, 1.807) is 10.9 Å². The molecule has 0 radical (unpaired) electrons. The van der Waals surface area contributed by atoms with Crippen molar-refractivity contribution in [1.82, 2.24) is 9.78 Å². The van der Waals surface area contributed by atoms with E-state index in [1.165, 1.54) is 0 Å². The molecule has 0 spiro atoms. The molecule has 3 heterocycles. The first kappa shape index (κ1) is 13.6. The van der Waals surface area contributed by atoms with Crippen molar-refractivity contribution in [3.05, 3.63) is 42.5 Å². The zero-order chi connectivity index (χ0) is 16.3. The van der Waals surface area contributed by atoms with Gasteiger partial charge in [0.15, 0.2) is 11.4 Å². The normalized spacial score (nSPS) is 22.8. The number of nitrogens with two attached hydrogens (primary N) is 1. The van der Waals surface area contributed by atoms with E-state index in [0.717, 1.165) is 40.9 Å². The molecule has 4 N–H and O–H groups in total.